The first-order valence-corrected chi connectivity index (χ1v) is 7.85. The lowest BCUT2D eigenvalue weighted by Gasteiger charge is -2.23. The molecular weight excluding hydrogens is 321 g/mol. The van der Waals surface area contributed by atoms with Crippen molar-refractivity contribution in [3.63, 3.8) is 0 Å². The van der Waals surface area contributed by atoms with E-state index < -0.39 is 6.04 Å². The van der Waals surface area contributed by atoms with Gasteiger partial charge in [-0.1, -0.05) is 30.3 Å². The Balaban J connectivity index is 2.02. The zero-order valence-electron chi connectivity index (χ0n) is 13.2. The third kappa shape index (κ3) is 2.28. The predicted octanol–water partition coefficient (Wildman–Crippen LogP) is 3.66. The molecule has 1 aromatic heterocycles. The second kappa shape index (κ2) is 5.70. The average molecular weight is 335 g/mol. The van der Waals surface area contributed by atoms with Gasteiger partial charge in [0.1, 0.15) is 11.4 Å². The molecule has 0 spiro atoms. The summed E-state index contributed by atoms with van der Waals surface area (Å²) in [6, 6.07) is 12.0. The maximum Gasteiger partial charge on any atom is 0.291 e. The Hall–Kier alpha value is -3.21. The highest BCUT2D eigenvalue weighted by Gasteiger charge is 2.42. The van der Waals surface area contributed by atoms with Crippen LogP contribution < -0.4 is 5.43 Å². The normalized spacial score (nSPS) is 16.3. The Kier molecular flexibility index (Phi) is 3.50. The minimum absolute atomic E-state index is 0.0416. The number of benzene rings is 2. The average Bonchev–Trinajstić information content (AvgIpc) is 2.89. The van der Waals surface area contributed by atoms with Gasteiger partial charge in [-0.25, -0.2) is 4.39 Å². The van der Waals surface area contributed by atoms with Gasteiger partial charge in [0.2, 0.25) is 5.76 Å². The van der Waals surface area contributed by atoms with Crippen molar-refractivity contribution in [2.45, 2.75) is 6.04 Å². The van der Waals surface area contributed by atoms with Crippen molar-refractivity contribution in [3.05, 3.63) is 94.1 Å². The number of para-hydroxylation sites is 1. The van der Waals surface area contributed by atoms with Crippen molar-refractivity contribution in [2.24, 2.45) is 0 Å². The fourth-order valence-corrected chi connectivity index (χ4v) is 3.29. The Morgan fingerprint density at radius 1 is 1.12 bits per heavy atom. The zero-order valence-corrected chi connectivity index (χ0v) is 13.2. The number of carbonyl (C=O) groups is 1. The lowest BCUT2D eigenvalue weighted by Crippen LogP contribution is -2.29. The van der Waals surface area contributed by atoms with Gasteiger partial charge in [0, 0.05) is 6.54 Å². The van der Waals surface area contributed by atoms with E-state index in [1.54, 1.807) is 42.5 Å². The van der Waals surface area contributed by atoms with Crippen molar-refractivity contribution in [1.29, 1.82) is 0 Å². The number of fused-ring (bicyclic) bond motifs is 2. The molecular formula is C20H14FNO3. The van der Waals surface area contributed by atoms with Crippen LogP contribution in [-0.4, -0.2) is 17.4 Å². The Bertz CT molecular complexity index is 1050. The minimum atomic E-state index is -0.623. The molecule has 124 valence electrons. The quantitative estimate of drug-likeness (QED) is 0.686. The molecule has 0 bridgehead atoms. The molecule has 4 rings (SSSR count). The van der Waals surface area contributed by atoms with E-state index in [-0.39, 0.29) is 35.0 Å². The van der Waals surface area contributed by atoms with Gasteiger partial charge in [-0.2, -0.15) is 0 Å². The fraction of sp³-hybridized carbons (Fsp3) is 0.100. The molecule has 0 radical (unpaired) electrons. The molecule has 0 aliphatic carbocycles. The van der Waals surface area contributed by atoms with E-state index in [9.17, 15) is 14.0 Å². The van der Waals surface area contributed by atoms with E-state index >= 15 is 0 Å². The zero-order chi connectivity index (χ0) is 17.6. The van der Waals surface area contributed by atoms with Crippen LogP contribution in [0.15, 0.2) is 70.4 Å². The molecule has 5 heteroatoms. The first-order valence-electron chi connectivity index (χ1n) is 7.85. The van der Waals surface area contributed by atoms with Crippen molar-refractivity contribution >= 4 is 16.9 Å². The molecule has 1 aliphatic heterocycles. The maximum absolute atomic E-state index is 13.3. The number of amides is 1. The molecule has 2 aromatic carbocycles. The van der Waals surface area contributed by atoms with Gasteiger partial charge in [0.05, 0.1) is 17.0 Å². The van der Waals surface area contributed by atoms with Crippen LogP contribution in [-0.2, 0) is 0 Å². The number of hydrogen-bond donors (Lipinski definition) is 0. The summed E-state index contributed by atoms with van der Waals surface area (Å²) in [5.74, 6) is -0.707. The molecule has 1 aliphatic rings. The van der Waals surface area contributed by atoms with E-state index in [0.717, 1.165) is 0 Å². The van der Waals surface area contributed by atoms with Crippen molar-refractivity contribution in [3.8, 4) is 0 Å². The van der Waals surface area contributed by atoms with Crippen LogP contribution >= 0.6 is 0 Å². The third-order valence-corrected chi connectivity index (χ3v) is 4.38. The monoisotopic (exact) mass is 335 g/mol. The summed E-state index contributed by atoms with van der Waals surface area (Å²) in [4.78, 5) is 27.3. The summed E-state index contributed by atoms with van der Waals surface area (Å²) in [5, 5.41) is 0.418. The summed E-state index contributed by atoms with van der Waals surface area (Å²) in [7, 11) is 0. The largest absolute Gasteiger partial charge is 0.450 e. The molecule has 1 unspecified atom stereocenters. The first kappa shape index (κ1) is 15.3. The summed E-state index contributed by atoms with van der Waals surface area (Å²) >= 11 is 0. The Labute approximate surface area is 142 Å². The van der Waals surface area contributed by atoms with Crippen LogP contribution in [0.2, 0.25) is 0 Å². The van der Waals surface area contributed by atoms with Gasteiger partial charge in [-0.05, 0) is 29.8 Å². The molecule has 0 saturated heterocycles. The SMILES string of the molecule is C=CCN1C(=O)c2oc3ccccc3c(=O)c2C1c1ccc(F)cc1. The summed E-state index contributed by atoms with van der Waals surface area (Å²) in [6.07, 6.45) is 1.59. The van der Waals surface area contributed by atoms with Crippen LogP contribution in [0.1, 0.15) is 27.7 Å². The van der Waals surface area contributed by atoms with E-state index in [1.807, 2.05) is 0 Å². The van der Waals surface area contributed by atoms with Gasteiger partial charge in [-0.15, -0.1) is 6.58 Å². The van der Waals surface area contributed by atoms with Crippen LogP contribution in [0.3, 0.4) is 0 Å². The lowest BCUT2D eigenvalue weighted by atomic mass is 9.98. The van der Waals surface area contributed by atoms with Gasteiger partial charge in [0.15, 0.2) is 5.43 Å². The van der Waals surface area contributed by atoms with E-state index in [0.29, 0.717) is 16.5 Å². The Morgan fingerprint density at radius 3 is 2.56 bits per heavy atom. The standard InChI is InChI=1S/C20H14FNO3/c1-2-11-22-17(12-7-9-13(21)10-8-12)16-18(23)14-5-3-4-6-15(14)25-19(16)20(22)24/h2-10,17H,1,11H2. The van der Waals surface area contributed by atoms with Crippen molar-refractivity contribution in [1.82, 2.24) is 4.90 Å². The molecule has 25 heavy (non-hydrogen) atoms. The molecule has 4 nitrogen and oxygen atoms in total. The fourth-order valence-electron chi connectivity index (χ4n) is 3.29. The third-order valence-electron chi connectivity index (χ3n) is 4.38. The molecule has 0 saturated carbocycles. The van der Waals surface area contributed by atoms with E-state index in [2.05, 4.69) is 6.58 Å². The number of halogens is 1. The minimum Gasteiger partial charge on any atom is -0.450 e. The smallest absolute Gasteiger partial charge is 0.291 e. The van der Waals surface area contributed by atoms with Crippen LogP contribution in [0.5, 0.6) is 0 Å². The highest BCUT2D eigenvalue weighted by molar-refractivity contribution is 5.99. The van der Waals surface area contributed by atoms with Crippen LogP contribution in [0, 0.1) is 5.82 Å². The summed E-state index contributed by atoms with van der Waals surface area (Å²) in [5.41, 5.74) is 1.07. The van der Waals surface area contributed by atoms with Crippen molar-refractivity contribution in [2.75, 3.05) is 6.54 Å². The maximum atomic E-state index is 13.3. The van der Waals surface area contributed by atoms with Crippen LogP contribution in [0.4, 0.5) is 4.39 Å². The van der Waals surface area contributed by atoms with Crippen molar-refractivity contribution < 1.29 is 13.6 Å². The number of rotatable bonds is 3. The second-order valence-corrected chi connectivity index (χ2v) is 5.87. The topological polar surface area (TPSA) is 50.5 Å². The van der Waals surface area contributed by atoms with Gasteiger partial charge in [0.25, 0.3) is 5.91 Å². The second-order valence-electron chi connectivity index (χ2n) is 5.87. The predicted molar refractivity (Wildman–Crippen MR) is 92.0 cm³/mol. The number of nitrogens with zero attached hydrogens (tertiary/aromatic N) is 1. The van der Waals surface area contributed by atoms with Crippen LogP contribution in [0.25, 0.3) is 11.0 Å². The van der Waals surface area contributed by atoms with Gasteiger partial charge < -0.3 is 9.32 Å². The summed E-state index contributed by atoms with van der Waals surface area (Å²) in [6.45, 7) is 3.93. The molecule has 1 amide bonds. The molecule has 2 heterocycles. The number of carbonyl (C=O) groups excluding carboxylic acids is 1. The van der Waals surface area contributed by atoms with E-state index in [1.165, 1.54) is 17.0 Å². The highest BCUT2D eigenvalue weighted by Crippen LogP contribution is 2.37. The lowest BCUT2D eigenvalue weighted by molar-refractivity contribution is 0.0748. The highest BCUT2D eigenvalue weighted by atomic mass is 19.1. The molecule has 0 N–H and O–H groups in total. The van der Waals surface area contributed by atoms with E-state index in [4.69, 9.17) is 4.42 Å². The molecule has 0 fully saturated rings. The summed E-state index contributed by atoms with van der Waals surface area (Å²) < 4.78 is 19.1. The molecule has 1 atom stereocenters. The Morgan fingerprint density at radius 2 is 1.84 bits per heavy atom. The molecule has 3 aromatic rings. The van der Waals surface area contributed by atoms with Gasteiger partial charge >= 0.3 is 0 Å². The number of hydrogen-bond acceptors (Lipinski definition) is 3. The van der Waals surface area contributed by atoms with Gasteiger partial charge in [-0.3, -0.25) is 9.59 Å². The first-order chi connectivity index (χ1) is 12.1.